The molecule has 3 rings (SSSR count). The molecule has 2 fully saturated rings. The lowest BCUT2D eigenvalue weighted by Crippen LogP contribution is -2.36. The fraction of sp³-hybridized carbons (Fsp3) is 0.706. The molecule has 1 saturated carbocycles. The third kappa shape index (κ3) is 5.27. The zero-order valence-electron chi connectivity index (χ0n) is 14.1. The molecule has 1 N–H and O–H groups in total. The fourth-order valence-electron chi connectivity index (χ4n) is 3.05. The largest absolute Gasteiger partial charge is 0.378 e. The Hall–Kier alpha value is -1.47. The van der Waals surface area contributed by atoms with Gasteiger partial charge in [0.2, 0.25) is 5.91 Å². The number of nitrogens with one attached hydrogen (secondary N) is 1. The molecule has 0 radical (unpaired) electrons. The van der Waals surface area contributed by atoms with Gasteiger partial charge in [-0.1, -0.05) is 19.3 Å². The molecule has 6 nitrogen and oxygen atoms in total. The number of nitrogens with zero attached hydrogens (tertiary/aromatic N) is 3. The van der Waals surface area contributed by atoms with Crippen LogP contribution in [-0.4, -0.2) is 42.9 Å². The Balaban J connectivity index is 1.48. The summed E-state index contributed by atoms with van der Waals surface area (Å²) in [5.74, 6) is -0.0802. The molecule has 1 saturated heterocycles. The van der Waals surface area contributed by atoms with Crippen LogP contribution >= 0.6 is 11.3 Å². The molecule has 2 heterocycles. The van der Waals surface area contributed by atoms with E-state index in [0.29, 0.717) is 0 Å². The van der Waals surface area contributed by atoms with E-state index in [1.54, 1.807) is 11.3 Å². The summed E-state index contributed by atoms with van der Waals surface area (Å²) in [6.45, 7) is 3.22. The maximum Gasteiger partial charge on any atom is 0.246 e. The summed E-state index contributed by atoms with van der Waals surface area (Å²) in [6.07, 6.45) is 8.56. The van der Waals surface area contributed by atoms with Crippen LogP contribution < -0.4 is 10.3 Å². The van der Waals surface area contributed by atoms with Gasteiger partial charge in [-0.05, 0) is 25.7 Å². The fourth-order valence-corrected chi connectivity index (χ4v) is 3.93. The number of morpholine rings is 1. The predicted molar refractivity (Wildman–Crippen MR) is 96.7 cm³/mol. The lowest BCUT2D eigenvalue weighted by atomic mass is 9.99. The molecule has 0 spiro atoms. The average molecular weight is 350 g/mol. The quantitative estimate of drug-likeness (QED) is 0.848. The summed E-state index contributed by atoms with van der Waals surface area (Å²) in [7, 11) is 0. The van der Waals surface area contributed by atoms with Crippen LogP contribution in [0.15, 0.2) is 10.5 Å². The van der Waals surface area contributed by atoms with E-state index in [1.165, 1.54) is 32.1 Å². The smallest absolute Gasteiger partial charge is 0.246 e. The summed E-state index contributed by atoms with van der Waals surface area (Å²) >= 11 is 1.59. The minimum absolute atomic E-state index is 0.0802. The van der Waals surface area contributed by atoms with Gasteiger partial charge < -0.3 is 9.64 Å². The SMILES string of the molecule is O=C(Cc1csc(N2CCOCC2)n1)NN=C1CCCCCCC1. The third-order valence-corrected chi connectivity index (χ3v) is 5.38. The van der Waals surface area contributed by atoms with Crippen molar-refractivity contribution in [1.29, 1.82) is 0 Å². The Morgan fingerprint density at radius 3 is 2.67 bits per heavy atom. The molecule has 0 aromatic carbocycles. The Kier molecular flexibility index (Phi) is 6.60. The summed E-state index contributed by atoms with van der Waals surface area (Å²) in [6, 6.07) is 0. The molecule has 0 bridgehead atoms. The molecule has 132 valence electrons. The Morgan fingerprint density at radius 2 is 1.92 bits per heavy atom. The molecule has 1 aromatic heterocycles. The number of hydrogen-bond donors (Lipinski definition) is 1. The number of amides is 1. The van der Waals surface area contributed by atoms with Crippen molar-refractivity contribution in [3.63, 3.8) is 0 Å². The Bertz CT molecular complexity index is 557. The average Bonchev–Trinajstić information content (AvgIpc) is 3.03. The highest BCUT2D eigenvalue weighted by Gasteiger charge is 2.15. The van der Waals surface area contributed by atoms with Crippen LogP contribution in [0.3, 0.4) is 0 Å². The topological polar surface area (TPSA) is 66.8 Å². The van der Waals surface area contributed by atoms with Crippen molar-refractivity contribution in [1.82, 2.24) is 10.4 Å². The van der Waals surface area contributed by atoms with Gasteiger partial charge in [0.05, 0.1) is 25.3 Å². The van der Waals surface area contributed by atoms with Crippen molar-refractivity contribution in [3.8, 4) is 0 Å². The number of hydrazone groups is 1. The zero-order valence-corrected chi connectivity index (χ0v) is 14.9. The summed E-state index contributed by atoms with van der Waals surface area (Å²) in [5.41, 5.74) is 4.67. The molecule has 24 heavy (non-hydrogen) atoms. The highest BCUT2D eigenvalue weighted by Crippen LogP contribution is 2.21. The first-order chi connectivity index (χ1) is 11.8. The third-order valence-electron chi connectivity index (χ3n) is 4.43. The zero-order chi connectivity index (χ0) is 16.6. The van der Waals surface area contributed by atoms with E-state index >= 15 is 0 Å². The first-order valence-electron chi connectivity index (χ1n) is 8.92. The molecule has 0 unspecified atom stereocenters. The van der Waals surface area contributed by atoms with Crippen LogP contribution in [0, 0.1) is 0 Å². The number of aromatic nitrogens is 1. The summed E-state index contributed by atoms with van der Waals surface area (Å²) in [4.78, 5) is 18.9. The van der Waals surface area contributed by atoms with Crippen LogP contribution in [0.25, 0.3) is 0 Å². The minimum Gasteiger partial charge on any atom is -0.378 e. The maximum atomic E-state index is 12.1. The molecular formula is C17H26N4O2S. The summed E-state index contributed by atoms with van der Waals surface area (Å²) < 4.78 is 5.36. The molecule has 0 atom stereocenters. The number of rotatable bonds is 4. The van der Waals surface area contributed by atoms with Crippen molar-refractivity contribution in [2.24, 2.45) is 5.10 Å². The second-order valence-electron chi connectivity index (χ2n) is 6.38. The van der Waals surface area contributed by atoms with Gasteiger partial charge in [-0.25, -0.2) is 10.4 Å². The van der Waals surface area contributed by atoms with Crippen LogP contribution in [0.4, 0.5) is 5.13 Å². The van der Waals surface area contributed by atoms with Gasteiger partial charge in [0.1, 0.15) is 0 Å². The molecular weight excluding hydrogens is 324 g/mol. The van der Waals surface area contributed by atoms with Crippen molar-refractivity contribution in [2.75, 3.05) is 31.2 Å². The maximum absolute atomic E-state index is 12.1. The van der Waals surface area contributed by atoms with Crippen LogP contribution in [-0.2, 0) is 16.0 Å². The monoisotopic (exact) mass is 350 g/mol. The highest BCUT2D eigenvalue weighted by molar-refractivity contribution is 7.13. The number of hydrogen-bond acceptors (Lipinski definition) is 6. The summed E-state index contributed by atoms with van der Waals surface area (Å²) in [5, 5.41) is 7.29. The lowest BCUT2D eigenvalue weighted by Gasteiger charge is -2.26. The second kappa shape index (κ2) is 9.13. The Labute approximate surface area is 147 Å². The minimum atomic E-state index is -0.0802. The van der Waals surface area contributed by atoms with E-state index in [-0.39, 0.29) is 12.3 Å². The number of anilines is 1. The van der Waals surface area contributed by atoms with Crippen molar-refractivity contribution < 1.29 is 9.53 Å². The van der Waals surface area contributed by atoms with Crippen molar-refractivity contribution >= 4 is 28.1 Å². The Morgan fingerprint density at radius 1 is 1.21 bits per heavy atom. The van der Waals surface area contributed by atoms with Crippen LogP contribution in [0.2, 0.25) is 0 Å². The molecule has 1 aromatic rings. The molecule has 1 aliphatic carbocycles. The van der Waals surface area contributed by atoms with Gasteiger partial charge in [-0.15, -0.1) is 11.3 Å². The highest BCUT2D eigenvalue weighted by atomic mass is 32.1. The van der Waals surface area contributed by atoms with E-state index in [1.807, 2.05) is 5.38 Å². The predicted octanol–water partition coefficient (Wildman–Crippen LogP) is 2.74. The molecule has 1 amide bonds. The van der Waals surface area contributed by atoms with Crippen molar-refractivity contribution in [3.05, 3.63) is 11.1 Å². The lowest BCUT2D eigenvalue weighted by molar-refractivity contribution is -0.120. The number of carbonyl (C=O) groups excluding carboxylic acids is 1. The van der Waals surface area contributed by atoms with Gasteiger partial charge >= 0.3 is 0 Å². The van der Waals surface area contributed by atoms with Gasteiger partial charge in [0, 0.05) is 24.2 Å². The van der Waals surface area contributed by atoms with Crippen molar-refractivity contribution in [2.45, 2.75) is 51.4 Å². The first-order valence-corrected chi connectivity index (χ1v) is 9.80. The van der Waals surface area contributed by atoms with Crippen LogP contribution in [0.5, 0.6) is 0 Å². The van der Waals surface area contributed by atoms with Gasteiger partial charge in [-0.2, -0.15) is 5.10 Å². The van der Waals surface area contributed by atoms with E-state index in [4.69, 9.17) is 4.74 Å². The van der Waals surface area contributed by atoms with E-state index in [9.17, 15) is 4.79 Å². The van der Waals surface area contributed by atoms with E-state index in [0.717, 1.165) is 55.7 Å². The first kappa shape index (κ1) is 17.4. The molecule has 7 heteroatoms. The number of carbonyl (C=O) groups is 1. The van der Waals surface area contributed by atoms with E-state index in [2.05, 4.69) is 20.4 Å². The molecule has 2 aliphatic rings. The second-order valence-corrected chi connectivity index (χ2v) is 7.21. The van der Waals surface area contributed by atoms with Gasteiger partial charge in [-0.3, -0.25) is 4.79 Å². The standard InChI is InChI=1S/C17H26N4O2S/c22-16(20-19-14-6-4-2-1-3-5-7-14)12-15-13-24-17(18-15)21-8-10-23-11-9-21/h13H,1-12H2,(H,20,22). The normalized spacial score (nSPS) is 19.5. The number of ether oxygens (including phenoxy) is 1. The van der Waals surface area contributed by atoms with Gasteiger partial charge in [0.15, 0.2) is 5.13 Å². The van der Waals surface area contributed by atoms with E-state index < -0.39 is 0 Å². The molecule has 1 aliphatic heterocycles. The van der Waals surface area contributed by atoms with Gasteiger partial charge in [0.25, 0.3) is 0 Å². The van der Waals surface area contributed by atoms with Crippen LogP contribution in [0.1, 0.15) is 50.6 Å². The number of thiazole rings is 1.